The molecule has 1 aliphatic rings. The molecule has 5 rings (SSSR count). The van der Waals surface area contributed by atoms with E-state index in [2.05, 4.69) is 25.7 Å². The number of aromatic nitrogens is 5. The molecule has 10 nitrogen and oxygen atoms in total. The Balaban J connectivity index is 1.90. The molecular weight excluding hydrogens is 424 g/mol. The predicted molar refractivity (Wildman–Crippen MR) is 108 cm³/mol. The van der Waals surface area contributed by atoms with Gasteiger partial charge in [-0.15, -0.1) is 0 Å². The van der Waals surface area contributed by atoms with E-state index < -0.39 is 35.2 Å². The van der Waals surface area contributed by atoms with Gasteiger partial charge in [-0.2, -0.15) is 10.2 Å². The minimum Gasteiger partial charge on any atom is -0.464 e. The first kappa shape index (κ1) is 19.6. The average molecular weight is 439 g/mol. The van der Waals surface area contributed by atoms with Gasteiger partial charge in [-0.05, 0) is 29.8 Å². The van der Waals surface area contributed by atoms with Gasteiger partial charge in [-0.25, -0.2) is 28.7 Å². The van der Waals surface area contributed by atoms with Gasteiger partial charge in [0.25, 0.3) is 5.56 Å². The Morgan fingerprint density at radius 2 is 1.91 bits per heavy atom. The fourth-order valence-corrected chi connectivity index (χ4v) is 4.12. The number of amides is 1. The van der Waals surface area contributed by atoms with Gasteiger partial charge in [-0.1, -0.05) is 12.1 Å². The molecule has 162 valence electrons. The monoisotopic (exact) mass is 439 g/mol. The van der Waals surface area contributed by atoms with Gasteiger partial charge in [0.2, 0.25) is 0 Å². The molecule has 4 aromatic rings. The molecule has 12 heteroatoms. The molecular formula is C20H15F2N7O3. The Morgan fingerprint density at radius 3 is 2.56 bits per heavy atom. The lowest BCUT2D eigenvalue weighted by molar-refractivity contribution is 0.132. The van der Waals surface area contributed by atoms with Crippen LogP contribution in [0.15, 0.2) is 47.5 Å². The predicted octanol–water partition coefficient (Wildman–Crippen LogP) is 2.52. The van der Waals surface area contributed by atoms with E-state index in [4.69, 9.17) is 0 Å². The molecule has 0 aliphatic carbocycles. The number of hydrogen-bond donors (Lipinski definition) is 3. The highest BCUT2D eigenvalue weighted by Crippen LogP contribution is 2.45. The van der Waals surface area contributed by atoms with Crippen LogP contribution >= 0.6 is 0 Å². The third-order valence-electron chi connectivity index (χ3n) is 5.45. The van der Waals surface area contributed by atoms with Crippen molar-refractivity contribution >= 4 is 22.6 Å². The number of hydrogen-bond acceptors (Lipinski definition) is 6. The van der Waals surface area contributed by atoms with Crippen LogP contribution in [0.25, 0.3) is 10.8 Å². The number of benzene rings is 2. The zero-order chi connectivity index (χ0) is 22.6. The zero-order valence-electron chi connectivity index (χ0n) is 16.5. The van der Waals surface area contributed by atoms with E-state index in [1.165, 1.54) is 35.3 Å². The van der Waals surface area contributed by atoms with Gasteiger partial charge in [0.1, 0.15) is 23.8 Å². The van der Waals surface area contributed by atoms with E-state index in [1.807, 2.05) is 0 Å². The molecule has 0 radical (unpaired) electrons. The van der Waals surface area contributed by atoms with Crippen LogP contribution in [0.5, 0.6) is 0 Å². The number of rotatable bonds is 2. The highest BCUT2D eigenvalue weighted by Gasteiger charge is 2.42. The Kier molecular flexibility index (Phi) is 4.36. The van der Waals surface area contributed by atoms with Crippen LogP contribution in [0.2, 0.25) is 0 Å². The molecule has 0 spiro atoms. The fourth-order valence-electron chi connectivity index (χ4n) is 4.12. The van der Waals surface area contributed by atoms with Crippen LogP contribution in [-0.4, -0.2) is 41.2 Å². The van der Waals surface area contributed by atoms with Gasteiger partial charge < -0.3 is 5.11 Å². The van der Waals surface area contributed by atoms with Crippen LogP contribution in [0, 0.1) is 11.6 Å². The minimum absolute atomic E-state index is 0.00485. The highest BCUT2D eigenvalue weighted by molar-refractivity contribution is 5.96. The molecule has 2 aromatic heterocycles. The lowest BCUT2D eigenvalue weighted by atomic mass is 9.87. The first-order valence-corrected chi connectivity index (χ1v) is 9.45. The van der Waals surface area contributed by atoms with Crippen LogP contribution in [-0.2, 0) is 7.05 Å². The summed E-state index contributed by atoms with van der Waals surface area (Å²) < 4.78 is 29.4. The number of hydrazine groups is 1. The average Bonchev–Trinajstić information content (AvgIpc) is 3.11. The summed E-state index contributed by atoms with van der Waals surface area (Å²) >= 11 is 0. The number of aryl methyl sites for hydroxylation is 1. The standard InChI is InChI=1S/C20H15F2N7O3/c1-28-18(23-8-24-28)15-16-14-12(19(30)26-25-16)6-11(22)7-13(14)27-29(20(31)32)17(15)9-2-4-10(21)5-3-9/h2-8,15,17,27H,1H3,(H,26,30)(H,31,32). The Labute approximate surface area is 178 Å². The number of nitrogens with one attached hydrogen (secondary N) is 2. The van der Waals surface area contributed by atoms with E-state index in [9.17, 15) is 23.5 Å². The Bertz CT molecular complexity index is 1420. The second-order valence-corrected chi connectivity index (χ2v) is 7.29. The molecule has 1 aliphatic heterocycles. The summed E-state index contributed by atoms with van der Waals surface area (Å²) in [6.45, 7) is 0. The summed E-state index contributed by atoms with van der Waals surface area (Å²) in [4.78, 5) is 29.1. The minimum atomic E-state index is -1.39. The second kappa shape index (κ2) is 7.11. The van der Waals surface area contributed by atoms with E-state index in [1.54, 1.807) is 7.05 Å². The lowest BCUT2D eigenvalue weighted by Crippen LogP contribution is -2.41. The zero-order valence-corrected chi connectivity index (χ0v) is 16.5. The maximum atomic E-state index is 14.3. The topological polar surface area (TPSA) is 129 Å². The largest absolute Gasteiger partial charge is 0.464 e. The summed E-state index contributed by atoms with van der Waals surface area (Å²) in [6.07, 6.45) is -0.0855. The van der Waals surface area contributed by atoms with Crippen molar-refractivity contribution in [3.63, 3.8) is 0 Å². The first-order chi connectivity index (χ1) is 15.3. The first-order valence-electron chi connectivity index (χ1n) is 9.45. The van der Waals surface area contributed by atoms with Gasteiger partial charge in [0.15, 0.2) is 0 Å². The lowest BCUT2D eigenvalue weighted by Gasteiger charge is -2.33. The normalized spacial score (nSPS) is 17.8. The van der Waals surface area contributed by atoms with Crippen LogP contribution in [0.1, 0.15) is 29.0 Å². The van der Waals surface area contributed by atoms with Crippen molar-refractivity contribution in [2.75, 3.05) is 5.43 Å². The number of anilines is 1. The molecule has 32 heavy (non-hydrogen) atoms. The van der Waals surface area contributed by atoms with Crippen molar-refractivity contribution in [3.8, 4) is 0 Å². The summed E-state index contributed by atoms with van der Waals surface area (Å²) in [5.74, 6) is -1.78. The number of aromatic amines is 1. The van der Waals surface area contributed by atoms with Crippen LogP contribution in [0.3, 0.4) is 0 Å². The van der Waals surface area contributed by atoms with Gasteiger partial charge in [0.05, 0.1) is 28.7 Å². The van der Waals surface area contributed by atoms with Crippen molar-refractivity contribution in [1.29, 1.82) is 0 Å². The van der Waals surface area contributed by atoms with Crippen molar-refractivity contribution in [2.24, 2.45) is 7.05 Å². The molecule has 2 atom stereocenters. The third kappa shape index (κ3) is 2.95. The summed E-state index contributed by atoms with van der Waals surface area (Å²) in [7, 11) is 1.63. The van der Waals surface area contributed by atoms with E-state index in [0.29, 0.717) is 11.4 Å². The summed E-state index contributed by atoms with van der Waals surface area (Å²) in [5.41, 5.74) is 2.81. The van der Waals surface area contributed by atoms with Crippen LogP contribution in [0.4, 0.5) is 19.3 Å². The molecule has 0 saturated carbocycles. The van der Waals surface area contributed by atoms with Crippen LogP contribution < -0.4 is 11.0 Å². The SMILES string of the molecule is Cn1ncnc1C1c2n[nH]c(=O)c3cc(F)cc(c23)NN(C(=O)O)C1c1ccc(F)cc1. The number of carboxylic acid groups (broad SMARTS) is 1. The molecule has 0 bridgehead atoms. The molecule has 2 aromatic carbocycles. The Morgan fingerprint density at radius 1 is 1.16 bits per heavy atom. The molecule has 2 unspecified atom stereocenters. The quantitative estimate of drug-likeness (QED) is 0.438. The molecule has 0 saturated heterocycles. The maximum Gasteiger partial charge on any atom is 0.426 e. The number of nitrogens with zero attached hydrogens (tertiary/aromatic N) is 5. The van der Waals surface area contributed by atoms with Crippen molar-refractivity contribution in [2.45, 2.75) is 12.0 Å². The smallest absolute Gasteiger partial charge is 0.426 e. The van der Waals surface area contributed by atoms with Gasteiger partial charge >= 0.3 is 6.09 Å². The Hall–Kier alpha value is -4.35. The molecule has 3 N–H and O–H groups in total. The van der Waals surface area contributed by atoms with E-state index in [0.717, 1.165) is 17.1 Å². The van der Waals surface area contributed by atoms with Crippen molar-refractivity contribution in [1.82, 2.24) is 30.0 Å². The maximum absolute atomic E-state index is 14.3. The van der Waals surface area contributed by atoms with Crippen molar-refractivity contribution in [3.05, 3.63) is 81.8 Å². The molecule has 3 heterocycles. The molecule has 1 amide bonds. The van der Waals surface area contributed by atoms with Crippen molar-refractivity contribution < 1.29 is 18.7 Å². The van der Waals surface area contributed by atoms with E-state index in [-0.39, 0.29) is 22.2 Å². The van der Waals surface area contributed by atoms with Gasteiger partial charge in [0, 0.05) is 12.4 Å². The third-order valence-corrected chi connectivity index (χ3v) is 5.45. The second-order valence-electron chi connectivity index (χ2n) is 7.29. The van der Waals surface area contributed by atoms with Gasteiger partial charge in [-0.3, -0.25) is 14.9 Å². The summed E-state index contributed by atoms with van der Waals surface area (Å²) in [5, 5.41) is 21.8. The van der Waals surface area contributed by atoms with E-state index >= 15 is 0 Å². The number of H-pyrrole nitrogens is 1. The fraction of sp³-hybridized carbons (Fsp3) is 0.150. The molecule has 0 fully saturated rings. The number of carbonyl (C=O) groups is 1. The number of halogens is 2. The summed E-state index contributed by atoms with van der Waals surface area (Å²) in [6, 6.07) is 6.42. The highest BCUT2D eigenvalue weighted by atomic mass is 19.1.